The number of methoxy groups -OCH3 is 3. The molecule has 7 heteroatoms. The van der Waals surface area contributed by atoms with Crippen molar-refractivity contribution < 1.29 is 33.6 Å². The second-order valence-electron chi connectivity index (χ2n) is 9.46. The molecule has 1 aromatic carbocycles. The first-order chi connectivity index (χ1) is 15.0. The Bertz CT molecular complexity index is 909. The van der Waals surface area contributed by atoms with E-state index in [0.29, 0.717) is 36.5 Å². The predicted octanol–water partition coefficient (Wildman–Crippen LogP) is 3.96. The van der Waals surface area contributed by atoms with E-state index in [1.165, 1.54) is 33.5 Å². The van der Waals surface area contributed by atoms with Gasteiger partial charge in [0.1, 0.15) is 6.10 Å². The van der Waals surface area contributed by atoms with E-state index in [4.69, 9.17) is 18.9 Å². The van der Waals surface area contributed by atoms with Crippen LogP contribution in [-0.4, -0.2) is 49.9 Å². The van der Waals surface area contributed by atoms with Crippen molar-refractivity contribution in [2.24, 2.45) is 17.3 Å². The molecule has 7 nitrogen and oxygen atoms in total. The minimum absolute atomic E-state index is 0.0112. The normalized spacial score (nSPS) is 29.8. The number of aliphatic hydroxyl groups is 1. The van der Waals surface area contributed by atoms with E-state index in [1.807, 2.05) is 27.7 Å². The Balaban J connectivity index is 2.02. The van der Waals surface area contributed by atoms with E-state index in [1.54, 1.807) is 6.08 Å². The maximum Gasteiger partial charge on any atom is 0.338 e. The first-order valence-corrected chi connectivity index (χ1v) is 11.0. The zero-order chi connectivity index (χ0) is 23.8. The van der Waals surface area contributed by atoms with Gasteiger partial charge >= 0.3 is 5.97 Å². The molecule has 4 atom stereocenters. The molecule has 2 aliphatic carbocycles. The van der Waals surface area contributed by atoms with Gasteiger partial charge in [-0.15, -0.1) is 0 Å². The summed E-state index contributed by atoms with van der Waals surface area (Å²) in [6.07, 6.45) is 2.42. The van der Waals surface area contributed by atoms with Crippen molar-refractivity contribution in [1.29, 1.82) is 0 Å². The molecule has 0 spiro atoms. The van der Waals surface area contributed by atoms with Crippen LogP contribution in [0.5, 0.6) is 17.2 Å². The number of rotatable bonds is 6. The topological polar surface area (TPSA) is 91.3 Å². The van der Waals surface area contributed by atoms with E-state index in [0.717, 1.165) is 5.57 Å². The quantitative estimate of drug-likeness (QED) is 0.661. The lowest BCUT2D eigenvalue weighted by atomic mass is 9.67. The summed E-state index contributed by atoms with van der Waals surface area (Å²) >= 11 is 0. The molecule has 4 unspecified atom stereocenters. The first-order valence-electron chi connectivity index (χ1n) is 11.0. The number of carbonyl (C=O) groups excluding carboxylic acids is 2. The average Bonchev–Trinajstić information content (AvgIpc) is 3.00. The Morgan fingerprint density at radius 2 is 1.69 bits per heavy atom. The highest BCUT2D eigenvalue weighted by Crippen LogP contribution is 2.57. The maximum absolute atomic E-state index is 13.3. The molecule has 0 radical (unpaired) electrons. The van der Waals surface area contributed by atoms with Gasteiger partial charge < -0.3 is 24.1 Å². The van der Waals surface area contributed by atoms with E-state index in [9.17, 15) is 14.7 Å². The van der Waals surface area contributed by atoms with Crippen molar-refractivity contribution in [3.05, 3.63) is 29.3 Å². The number of allylic oxidation sites excluding steroid dienone is 1. The number of fused-ring (bicyclic) bond motifs is 1. The number of hydrogen-bond donors (Lipinski definition) is 1. The smallest absolute Gasteiger partial charge is 0.338 e. The zero-order valence-corrected chi connectivity index (χ0v) is 20.0. The van der Waals surface area contributed by atoms with Gasteiger partial charge in [-0.1, -0.05) is 26.3 Å². The van der Waals surface area contributed by atoms with Crippen LogP contribution < -0.4 is 14.2 Å². The molecule has 0 bridgehead atoms. The lowest BCUT2D eigenvalue weighted by Crippen LogP contribution is -2.51. The highest BCUT2D eigenvalue weighted by atomic mass is 16.5. The fourth-order valence-corrected chi connectivity index (χ4v) is 5.38. The minimum Gasteiger partial charge on any atom is -0.493 e. The van der Waals surface area contributed by atoms with E-state index < -0.39 is 29.0 Å². The Labute approximate surface area is 189 Å². The number of hydrogen-bond acceptors (Lipinski definition) is 7. The summed E-state index contributed by atoms with van der Waals surface area (Å²) in [5.74, 6) is -0.127. The van der Waals surface area contributed by atoms with Crippen molar-refractivity contribution >= 4 is 11.8 Å². The summed E-state index contributed by atoms with van der Waals surface area (Å²) in [5.41, 5.74) is -0.830. The molecule has 0 amide bonds. The molecular weight excluding hydrogens is 412 g/mol. The third-order valence-corrected chi connectivity index (χ3v) is 7.26. The Morgan fingerprint density at radius 1 is 1.09 bits per heavy atom. The monoisotopic (exact) mass is 446 g/mol. The van der Waals surface area contributed by atoms with Crippen molar-refractivity contribution in [3.63, 3.8) is 0 Å². The number of carbonyl (C=O) groups is 2. The number of esters is 1. The van der Waals surface area contributed by atoms with Crippen LogP contribution in [0.3, 0.4) is 0 Å². The Hall–Kier alpha value is -2.54. The molecule has 0 heterocycles. The summed E-state index contributed by atoms with van der Waals surface area (Å²) < 4.78 is 22.1. The fraction of sp³-hybridized carbons (Fsp3) is 0.600. The number of ketones is 1. The van der Waals surface area contributed by atoms with Gasteiger partial charge in [0.05, 0.1) is 32.5 Å². The van der Waals surface area contributed by atoms with Crippen molar-refractivity contribution in [2.75, 3.05) is 21.3 Å². The van der Waals surface area contributed by atoms with Gasteiger partial charge in [0.25, 0.3) is 0 Å². The zero-order valence-electron chi connectivity index (χ0n) is 20.0. The van der Waals surface area contributed by atoms with Crippen LogP contribution >= 0.6 is 0 Å². The number of benzene rings is 1. The third kappa shape index (κ3) is 3.87. The molecule has 0 aromatic heterocycles. The largest absolute Gasteiger partial charge is 0.493 e. The van der Waals surface area contributed by atoms with Crippen LogP contribution in [0.1, 0.15) is 57.3 Å². The Kier molecular flexibility index (Phi) is 6.61. The molecule has 176 valence electrons. The van der Waals surface area contributed by atoms with Gasteiger partial charge in [0, 0.05) is 17.8 Å². The van der Waals surface area contributed by atoms with Crippen LogP contribution in [0, 0.1) is 17.3 Å². The molecule has 2 aliphatic rings. The summed E-state index contributed by atoms with van der Waals surface area (Å²) in [6, 6.07) is 3.08. The highest BCUT2D eigenvalue weighted by molar-refractivity contribution is 5.96. The SMILES string of the molecule is COc1cc(C(=O)OC2CC(C)=CC(=O)C3(C)CCC(O)(C(C)C)C23)cc(OC)c1OC. The summed E-state index contributed by atoms with van der Waals surface area (Å²) in [5, 5.41) is 11.6. The standard InChI is InChI=1S/C25H34O7/c1-14(2)25(28)9-8-24(4)20(26)11-15(3)10-19(22(24)25)32-23(27)16-12-17(29-5)21(31-7)18(13-16)30-6/h11-14,19,22,28H,8-10H2,1-7H3. The minimum atomic E-state index is -1.11. The van der Waals surface area contributed by atoms with E-state index in [-0.39, 0.29) is 17.3 Å². The van der Waals surface area contributed by atoms with Crippen LogP contribution in [0.25, 0.3) is 0 Å². The van der Waals surface area contributed by atoms with E-state index in [2.05, 4.69) is 0 Å². The number of ether oxygens (including phenoxy) is 4. The second-order valence-corrected chi connectivity index (χ2v) is 9.46. The molecule has 32 heavy (non-hydrogen) atoms. The maximum atomic E-state index is 13.3. The molecule has 1 N–H and O–H groups in total. The second kappa shape index (κ2) is 8.77. The molecule has 1 saturated carbocycles. The van der Waals surface area contributed by atoms with Crippen molar-refractivity contribution in [1.82, 2.24) is 0 Å². The van der Waals surface area contributed by atoms with Gasteiger partial charge in [0.15, 0.2) is 17.3 Å². The summed E-state index contributed by atoms with van der Waals surface area (Å²) in [6.45, 7) is 7.63. The van der Waals surface area contributed by atoms with E-state index >= 15 is 0 Å². The molecule has 3 rings (SSSR count). The van der Waals surface area contributed by atoms with Gasteiger partial charge in [-0.3, -0.25) is 4.79 Å². The molecular formula is C25H34O7. The lowest BCUT2D eigenvalue weighted by Gasteiger charge is -2.42. The van der Waals surface area contributed by atoms with Crippen LogP contribution in [0.15, 0.2) is 23.8 Å². The molecule has 1 fully saturated rings. The van der Waals surface area contributed by atoms with Crippen LogP contribution in [0.4, 0.5) is 0 Å². The lowest BCUT2D eigenvalue weighted by molar-refractivity contribution is -0.140. The third-order valence-electron chi connectivity index (χ3n) is 7.26. The van der Waals surface area contributed by atoms with Crippen molar-refractivity contribution in [3.8, 4) is 17.2 Å². The Morgan fingerprint density at radius 3 is 2.19 bits per heavy atom. The van der Waals surface area contributed by atoms with Crippen LogP contribution in [-0.2, 0) is 9.53 Å². The molecule has 0 aliphatic heterocycles. The fourth-order valence-electron chi connectivity index (χ4n) is 5.38. The highest BCUT2D eigenvalue weighted by Gasteiger charge is 2.62. The first kappa shape index (κ1) is 24.1. The summed E-state index contributed by atoms with van der Waals surface area (Å²) in [4.78, 5) is 26.4. The molecule has 0 saturated heterocycles. The average molecular weight is 447 g/mol. The van der Waals surface area contributed by atoms with Crippen LogP contribution in [0.2, 0.25) is 0 Å². The predicted molar refractivity (Wildman–Crippen MR) is 119 cm³/mol. The van der Waals surface area contributed by atoms with Gasteiger partial charge in [-0.2, -0.15) is 0 Å². The molecule has 1 aromatic rings. The van der Waals surface area contributed by atoms with Crippen molar-refractivity contribution in [2.45, 2.75) is 58.7 Å². The van der Waals surface area contributed by atoms with Gasteiger partial charge in [-0.05, 0) is 43.9 Å². The van der Waals surface area contributed by atoms with Gasteiger partial charge in [-0.25, -0.2) is 4.79 Å². The van der Waals surface area contributed by atoms with Gasteiger partial charge in [0.2, 0.25) is 5.75 Å². The summed E-state index contributed by atoms with van der Waals surface area (Å²) in [7, 11) is 4.44.